The Morgan fingerprint density at radius 2 is 1.79 bits per heavy atom. The lowest BCUT2D eigenvalue weighted by Crippen LogP contribution is -2.09. The van der Waals surface area contributed by atoms with Crippen molar-refractivity contribution in [3.8, 4) is 0 Å². The van der Waals surface area contributed by atoms with Crippen molar-refractivity contribution in [3.05, 3.63) is 70.2 Å². The zero-order valence-corrected chi connectivity index (χ0v) is 11.9. The average molecular weight is 273 g/mol. The Labute approximate surface area is 119 Å². The van der Waals surface area contributed by atoms with Crippen LogP contribution in [-0.2, 0) is 6.54 Å². The predicted molar refractivity (Wildman–Crippen MR) is 81.7 cm³/mol. The average Bonchev–Trinajstić information content (AvgIpc) is 2.41. The molecule has 1 N–H and O–H groups in total. The maximum atomic E-state index is 6.09. The topological polar surface area (TPSA) is 24.4 Å². The maximum absolute atomic E-state index is 6.09. The molecular weight excluding hydrogens is 256 g/mol. The summed E-state index contributed by atoms with van der Waals surface area (Å²) < 4.78 is 0. The Balaban J connectivity index is 1.99. The lowest BCUT2D eigenvalue weighted by atomic mass is 10.1. The van der Waals surface area contributed by atoms with E-state index in [1.54, 1.807) is 0 Å². The molecule has 2 rings (SSSR count). The van der Waals surface area contributed by atoms with Crippen molar-refractivity contribution < 1.29 is 0 Å². The van der Waals surface area contributed by atoms with Gasteiger partial charge in [0.15, 0.2) is 0 Å². The zero-order valence-electron chi connectivity index (χ0n) is 11.2. The summed E-state index contributed by atoms with van der Waals surface area (Å²) in [5.41, 5.74) is 7.44. The van der Waals surface area contributed by atoms with E-state index in [1.807, 2.05) is 31.2 Å². The molecule has 0 aromatic heterocycles. The van der Waals surface area contributed by atoms with Gasteiger partial charge in [0.25, 0.3) is 0 Å². The zero-order chi connectivity index (χ0) is 13.7. The van der Waals surface area contributed by atoms with E-state index in [1.165, 1.54) is 5.56 Å². The second-order valence-electron chi connectivity index (χ2n) is 4.49. The van der Waals surface area contributed by atoms with Crippen molar-refractivity contribution in [3.63, 3.8) is 0 Å². The molecule has 0 amide bonds. The van der Waals surface area contributed by atoms with E-state index < -0.39 is 0 Å². The van der Waals surface area contributed by atoms with Gasteiger partial charge in [0.2, 0.25) is 0 Å². The van der Waals surface area contributed by atoms with Gasteiger partial charge >= 0.3 is 0 Å². The van der Waals surface area contributed by atoms with Gasteiger partial charge in [-0.05, 0) is 31.0 Å². The first-order valence-corrected chi connectivity index (χ1v) is 6.62. The van der Waals surface area contributed by atoms with E-state index in [9.17, 15) is 0 Å². The van der Waals surface area contributed by atoms with E-state index in [2.05, 4.69) is 41.7 Å². The summed E-state index contributed by atoms with van der Waals surface area (Å²) in [5, 5.41) is 5.13. The quantitative estimate of drug-likeness (QED) is 0.656. The monoisotopic (exact) mass is 272 g/mol. The van der Waals surface area contributed by atoms with Gasteiger partial charge in [-0.25, -0.2) is 0 Å². The highest BCUT2D eigenvalue weighted by Crippen LogP contribution is 2.14. The van der Waals surface area contributed by atoms with Crippen LogP contribution in [0.3, 0.4) is 0 Å². The number of nitrogens with one attached hydrogen (secondary N) is 1. The van der Waals surface area contributed by atoms with Crippen molar-refractivity contribution in [1.82, 2.24) is 5.43 Å². The van der Waals surface area contributed by atoms with Crippen molar-refractivity contribution in [2.24, 2.45) is 5.10 Å². The number of halogens is 1. The normalized spacial score (nSPS) is 11.4. The van der Waals surface area contributed by atoms with Crippen LogP contribution in [0.15, 0.2) is 53.6 Å². The highest BCUT2D eigenvalue weighted by Gasteiger charge is 1.99. The van der Waals surface area contributed by atoms with Crippen LogP contribution in [0.2, 0.25) is 5.02 Å². The van der Waals surface area contributed by atoms with E-state index in [4.69, 9.17) is 11.6 Å². The van der Waals surface area contributed by atoms with Gasteiger partial charge < -0.3 is 5.43 Å². The Kier molecular flexibility index (Phi) is 4.58. The number of hydrazone groups is 1. The molecule has 0 spiro atoms. The van der Waals surface area contributed by atoms with Crippen molar-refractivity contribution in [2.75, 3.05) is 0 Å². The number of hydrogen-bond acceptors (Lipinski definition) is 2. The minimum atomic E-state index is 0.628. The molecule has 2 aromatic rings. The number of benzene rings is 2. The third-order valence-corrected chi connectivity index (χ3v) is 3.31. The second kappa shape index (κ2) is 6.39. The van der Waals surface area contributed by atoms with Crippen LogP contribution < -0.4 is 5.43 Å². The van der Waals surface area contributed by atoms with Gasteiger partial charge in [-0.1, -0.05) is 59.6 Å². The minimum Gasteiger partial charge on any atom is -0.305 e. The second-order valence-corrected chi connectivity index (χ2v) is 4.90. The molecule has 0 saturated heterocycles. The van der Waals surface area contributed by atoms with E-state index in [0.717, 1.165) is 21.9 Å². The molecule has 19 heavy (non-hydrogen) atoms. The van der Waals surface area contributed by atoms with Crippen LogP contribution in [0.25, 0.3) is 0 Å². The Morgan fingerprint density at radius 3 is 2.47 bits per heavy atom. The molecule has 0 radical (unpaired) electrons. The first-order valence-electron chi connectivity index (χ1n) is 6.24. The van der Waals surface area contributed by atoms with Crippen LogP contribution in [0, 0.1) is 6.92 Å². The molecular formula is C16H17ClN2. The fraction of sp³-hybridized carbons (Fsp3) is 0.188. The largest absolute Gasteiger partial charge is 0.305 e. The van der Waals surface area contributed by atoms with Crippen LogP contribution in [0.4, 0.5) is 0 Å². The third-order valence-electron chi connectivity index (χ3n) is 2.94. The summed E-state index contributed by atoms with van der Waals surface area (Å²) in [5.74, 6) is 0. The SMILES string of the molecule is C/C(=N/NCc1ccccc1Cl)c1ccc(C)cc1. The Morgan fingerprint density at radius 1 is 1.11 bits per heavy atom. The summed E-state index contributed by atoms with van der Waals surface area (Å²) >= 11 is 6.09. The van der Waals surface area contributed by atoms with E-state index in [-0.39, 0.29) is 0 Å². The molecule has 0 aliphatic carbocycles. The molecule has 0 aliphatic rings. The fourth-order valence-electron chi connectivity index (χ4n) is 1.74. The molecule has 0 unspecified atom stereocenters. The van der Waals surface area contributed by atoms with Crippen LogP contribution in [-0.4, -0.2) is 5.71 Å². The van der Waals surface area contributed by atoms with Crippen molar-refractivity contribution >= 4 is 17.3 Å². The van der Waals surface area contributed by atoms with Gasteiger partial charge in [0, 0.05) is 5.02 Å². The van der Waals surface area contributed by atoms with E-state index >= 15 is 0 Å². The molecule has 0 bridgehead atoms. The summed E-state index contributed by atoms with van der Waals surface area (Å²) in [4.78, 5) is 0. The lowest BCUT2D eigenvalue weighted by molar-refractivity contribution is 0.744. The van der Waals surface area contributed by atoms with Gasteiger partial charge in [0.1, 0.15) is 0 Å². The van der Waals surface area contributed by atoms with Crippen LogP contribution in [0.1, 0.15) is 23.6 Å². The third kappa shape index (κ3) is 3.83. The minimum absolute atomic E-state index is 0.628. The van der Waals surface area contributed by atoms with Crippen LogP contribution >= 0.6 is 11.6 Å². The fourth-order valence-corrected chi connectivity index (χ4v) is 1.95. The smallest absolute Gasteiger partial charge is 0.0644 e. The highest BCUT2D eigenvalue weighted by atomic mass is 35.5. The molecule has 3 heteroatoms. The van der Waals surface area contributed by atoms with Gasteiger partial charge in [-0.3, -0.25) is 0 Å². The number of nitrogens with zero attached hydrogens (tertiary/aromatic N) is 1. The molecule has 2 aromatic carbocycles. The summed E-state index contributed by atoms with van der Waals surface area (Å²) in [6, 6.07) is 16.1. The molecule has 98 valence electrons. The number of aryl methyl sites for hydroxylation is 1. The standard InChI is InChI=1S/C16H17ClN2/c1-12-7-9-14(10-8-12)13(2)19-18-11-15-5-3-4-6-16(15)17/h3-10,18H,11H2,1-2H3/b19-13-. The van der Waals surface area contributed by atoms with Gasteiger partial charge in [0.05, 0.1) is 12.3 Å². The lowest BCUT2D eigenvalue weighted by Gasteiger charge is -2.05. The van der Waals surface area contributed by atoms with Gasteiger partial charge in [-0.2, -0.15) is 5.10 Å². The Hall–Kier alpha value is -1.80. The highest BCUT2D eigenvalue weighted by molar-refractivity contribution is 6.31. The summed E-state index contributed by atoms with van der Waals surface area (Å²) in [6.07, 6.45) is 0. The van der Waals surface area contributed by atoms with Crippen LogP contribution in [0.5, 0.6) is 0 Å². The molecule has 0 aliphatic heterocycles. The molecule has 2 nitrogen and oxygen atoms in total. The molecule has 0 saturated carbocycles. The van der Waals surface area contributed by atoms with Crippen molar-refractivity contribution in [1.29, 1.82) is 0 Å². The summed E-state index contributed by atoms with van der Waals surface area (Å²) in [6.45, 7) is 4.69. The van der Waals surface area contributed by atoms with E-state index in [0.29, 0.717) is 6.54 Å². The first-order chi connectivity index (χ1) is 9.16. The van der Waals surface area contributed by atoms with Gasteiger partial charge in [-0.15, -0.1) is 0 Å². The predicted octanol–water partition coefficient (Wildman–Crippen LogP) is 4.16. The maximum Gasteiger partial charge on any atom is 0.0644 e. The molecule has 0 heterocycles. The number of hydrogen-bond donors (Lipinski definition) is 1. The molecule has 0 fully saturated rings. The number of rotatable bonds is 4. The summed E-state index contributed by atoms with van der Waals surface area (Å²) in [7, 11) is 0. The molecule has 0 atom stereocenters. The first kappa shape index (κ1) is 13.6. The van der Waals surface area contributed by atoms with Crippen molar-refractivity contribution in [2.45, 2.75) is 20.4 Å². The Bertz CT molecular complexity index is 574.